The SMILES string of the molecule is CC(=O)Nc1ccc(C)c(C(=O)N[C@H]2CC[C@@H](Nc3cc(C(F)(F)F)nc4ccc(Cl)cc34)CC2)c1. The molecule has 36 heavy (non-hydrogen) atoms. The lowest BCUT2D eigenvalue weighted by Crippen LogP contribution is -2.40. The fraction of sp³-hybridized carbons (Fsp3) is 0.346. The van der Waals surface area contributed by atoms with E-state index in [0.717, 1.165) is 11.6 Å². The standard InChI is InChI=1S/C26H26ClF3N4O2/c1-14-3-5-19(31-15(2)35)12-20(14)25(36)33-18-8-6-17(7-9-18)32-23-13-24(26(28,29)30)34-22-10-4-16(27)11-21(22)23/h3-5,10-13,17-18H,6-9H2,1-2H3,(H,31,35)(H,32,34)(H,33,36)/t17-,18+. The van der Waals surface area contributed by atoms with Crippen LogP contribution in [0, 0.1) is 6.92 Å². The highest BCUT2D eigenvalue weighted by Crippen LogP contribution is 2.35. The third kappa shape index (κ3) is 6.07. The molecular formula is C26H26ClF3N4O2. The Hall–Kier alpha value is -3.33. The first kappa shape index (κ1) is 25.8. The number of nitrogens with zero attached hydrogens (tertiary/aromatic N) is 1. The van der Waals surface area contributed by atoms with Gasteiger partial charge in [0.05, 0.1) is 5.52 Å². The minimum atomic E-state index is -4.57. The molecule has 0 saturated heterocycles. The smallest absolute Gasteiger partial charge is 0.382 e. The summed E-state index contributed by atoms with van der Waals surface area (Å²) in [7, 11) is 0. The summed E-state index contributed by atoms with van der Waals surface area (Å²) in [4.78, 5) is 28.0. The number of anilines is 2. The van der Waals surface area contributed by atoms with Crippen molar-refractivity contribution in [1.29, 1.82) is 0 Å². The van der Waals surface area contributed by atoms with E-state index in [1.807, 2.05) is 6.92 Å². The second-order valence-corrected chi connectivity index (χ2v) is 9.53. The molecule has 0 radical (unpaired) electrons. The molecule has 1 aliphatic carbocycles. The number of amides is 2. The number of hydrogen-bond acceptors (Lipinski definition) is 4. The Morgan fingerprint density at radius 3 is 2.36 bits per heavy atom. The van der Waals surface area contributed by atoms with Gasteiger partial charge in [-0.25, -0.2) is 4.98 Å². The summed E-state index contributed by atoms with van der Waals surface area (Å²) in [5, 5.41) is 9.92. The van der Waals surface area contributed by atoms with Gasteiger partial charge in [-0.1, -0.05) is 17.7 Å². The maximum absolute atomic E-state index is 13.4. The minimum Gasteiger partial charge on any atom is -0.382 e. The maximum atomic E-state index is 13.4. The van der Waals surface area contributed by atoms with E-state index in [1.54, 1.807) is 24.3 Å². The van der Waals surface area contributed by atoms with E-state index in [4.69, 9.17) is 11.6 Å². The lowest BCUT2D eigenvalue weighted by Gasteiger charge is -2.31. The molecule has 3 N–H and O–H groups in total. The summed E-state index contributed by atoms with van der Waals surface area (Å²) in [6, 6.07) is 10.7. The fourth-order valence-electron chi connectivity index (χ4n) is 4.48. The van der Waals surface area contributed by atoms with Gasteiger partial charge in [0.25, 0.3) is 5.91 Å². The van der Waals surface area contributed by atoms with E-state index in [0.29, 0.717) is 53.0 Å². The number of benzene rings is 2. The largest absolute Gasteiger partial charge is 0.433 e. The lowest BCUT2D eigenvalue weighted by atomic mass is 9.90. The first-order valence-corrected chi connectivity index (χ1v) is 12.0. The van der Waals surface area contributed by atoms with Crippen LogP contribution in [0.5, 0.6) is 0 Å². The van der Waals surface area contributed by atoms with Crippen LogP contribution in [0.25, 0.3) is 10.9 Å². The number of rotatable bonds is 5. The molecule has 1 aliphatic rings. The van der Waals surface area contributed by atoms with E-state index in [2.05, 4.69) is 20.9 Å². The Kier molecular flexibility index (Phi) is 7.40. The molecule has 10 heteroatoms. The third-order valence-electron chi connectivity index (χ3n) is 6.29. The number of halogens is 4. The number of nitrogens with one attached hydrogen (secondary N) is 3. The molecule has 1 fully saturated rings. The maximum Gasteiger partial charge on any atom is 0.433 e. The van der Waals surface area contributed by atoms with Crippen molar-refractivity contribution in [2.45, 2.75) is 57.8 Å². The Balaban J connectivity index is 1.43. The van der Waals surface area contributed by atoms with E-state index in [-0.39, 0.29) is 29.4 Å². The molecule has 1 saturated carbocycles. The van der Waals surface area contributed by atoms with Crippen molar-refractivity contribution >= 4 is 45.7 Å². The Labute approximate surface area is 211 Å². The minimum absolute atomic E-state index is 0.0614. The highest BCUT2D eigenvalue weighted by atomic mass is 35.5. The van der Waals surface area contributed by atoms with Crippen LogP contribution < -0.4 is 16.0 Å². The van der Waals surface area contributed by atoms with Gasteiger partial charge < -0.3 is 16.0 Å². The van der Waals surface area contributed by atoms with Gasteiger partial charge in [-0.05, 0) is 74.6 Å². The second kappa shape index (κ2) is 10.3. The van der Waals surface area contributed by atoms with E-state index < -0.39 is 11.9 Å². The zero-order valence-corrected chi connectivity index (χ0v) is 20.6. The van der Waals surface area contributed by atoms with E-state index in [1.165, 1.54) is 19.1 Å². The number of carbonyl (C=O) groups is 2. The molecule has 0 atom stereocenters. The number of aryl methyl sites for hydroxylation is 1. The van der Waals surface area contributed by atoms with Gasteiger partial charge in [-0.15, -0.1) is 0 Å². The van der Waals surface area contributed by atoms with Crippen molar-refractivity contribution in [2.24, 2.45) is 0 Å². The Morgan fingerprint density at radius 2 is 1.69 bits per heavy atom. The highest BCUT2D eigenvalue weighted by molar-refractivity contribution is 6.31. The molecule has 1 heterocycles. The lowest BCUT2D eigenvalue weighted by molar-refractivity contribution is -0.140. The molecule has 0 unspecified atom stereocenters. The Morgan fingerprint density at radius 1 is 1.00 bits per heavy atom. The Bertz CT molecular complexity index is 1300. The van der Waals surface area contributed by atoms with Crippen LogP contribution in [0.3, 0.4) is 0 Å². The number of carbonyl (C=O) groups excluding carboxylic acids is 2. The van der Waals surface area contributed by atoms with Crippen LogP contribution in [0.4, 0.5) is 24.5 Å². The van der Waals surface area contributed by atoms with Gasteiger partial charge in [-0.3, -0.25) is 9.59 Å². The van der Waals surface area contributed by atoms with Crippen molar-refractivity contribution in [2.75, 3.05) is 10.6 Å². The average molecular weight is 519 g/mol. The molecule has 2 aromatic carbocycles. The zero-order valence-electron chi connectivity index (χ0n) is 19.8. The summed E-state index contributed by atoms with van der Waals surface area (Å²) in [5.41, 5.74) is 1.43. The van der Waals surface area contributed by atoms with Crippen LogP contribution in [0.15, 0.2) is 42.5 Å². The van der Waals surface area contributed by atoms with Crippen LogP contribution in [-0.2, 0) is 11.0 Å². The number of pyridine rings is 1. The van der Waals surface area contributed by atoms with Crippen LogP contribution in [0.2, 0.25) is 5.02 Å². The molecule has 190 valence electrons. The highest BCUT2D eigenvalue weighted by Gasteiger charge is 2.34. The first-order chi connectivity index (χ1) is 17.0. The number of alkyl halides is 3. The van der Waals surface area contributed by atoms with Gasteiger partial charge in [-0.2, -0.15) is 13.2 Å². The van der Waals surface area contributed by atoms with Crippen molar-refractivity contribution in [1.82, 2.24) is 10.3 Å². The monoisotopic (exact) mass is 518 g/mol. The fourth-order valence-corrected chi connectivity index (χ4v) is 4.65. The van der Waals surface area contributed by atoms with Crippen molar-refractivity contribution in [3.63, 3.8) is 0 Å². The van der Waals surface area contributed by atoms with E-state index in [9.17, 15) is 22.8 Å². The first-order valence-electron chi connectivity index (χ1n) is 11.6. The average Bonchev–Trinajstić information content (AvgIpc) is 2.80. The van der Waals surface area contributed by atoms with Gasteiger partial charge in [0, 0.05) is 46.4 Å². The summed E-state index contributed by atoms with van der Waals surface area (Å²) < 4.78 is 40.2. The number of hydrogen-bond donors (Lipinski definition) is 3. The summed E-state index contributed by atoms with van der Waals surface area (Å²) in [6.07, 6.45) is -1.89. The molecular weight excluding hydrogens is 493 g/mol. The van der Waals surface area contributed by atoms with Gasteiger partial charge in [0.15, 0.2) is 0 Å². The molecule has 0 aliphatic heterocycles. The predicted octanol–water partition coefficient (Wildman–Crippen LogP) is 6.33. The van der Waals surface area contributed by atoms with E-state index >= 15 is 0 Å². The van der Waals surface area contributed by atoms with Crippen LogP contribution in [-0.4, -0.2) is 28.9 Å². The van der Waals surface area contributed by atoms with Gasteiger partial charge >= 0.3 is 6.18 Å². The molecule has 3 aromatic rings. The summed E-state index contributed by atoms with van der Waals surface area (Å²) >= 11 is 6.09. The quantitative estimate of drug-likeness (QED) is 0.369. The number of fused-ring (bicyclic) bond motifs is 1. The van der Waals surface area contributed by atoms with Crippen molar-refractivity contribution in [3.05, 3.63) is 64.3 Å². The summed E-state index contributed by atoms with van der Waals surface area (Å²) in [5.74, 6) is -0.441. The molecule has 4 rings (SSSR count). The van der Waals surface area contributed by atoms with Crippen molar-refractivity contribution < 1.29 is 22.8 Å². The van der Waals surface area contributed by atoms with Crippen LogP contribution in [0.1, 0.15) is 54.2 Å². The molecule has 6 nitrogen and oxygen atoms in total. The summed E-state index contributed by atoms with van der Waals surface area (Å²) in [6.45, 7) is 3.23. The zero-order chi connectivity index (χ0) is 26.0. The molecule has 0 bridgehead atoms. The van der Waals surface area contributed by atoms with Crippen molar-refractivity contribution in [3.8, 4) is 0 Å². The normalized spacial score (nSPS) is 18.1. The molecule has 1 aromatic heterocycles. The third-order valence-corrected chi connectivity index (χ3v) is 6.52. The number of aromatic nitrogens is 1. The topological polar surface area (TPSA) is 83.1 Å². The molecule has 0 spiro atoms. The van der Waals surface area contributed by atoms with Crippen LogP contribution >= 0.6 is 11.6 Å². The van der Waals surface area contributed by atoms with Gasteiger partial charge in [0.1, 0.15) is 5.69 Å². The predicted molar refractivity (Wildman–Crippen MR) is 134 cm³/mol. The van der Waals surface area contributed by atoms with Gasteiger partial charge in [0.2, 0.25) is 5.91 Å². The molecule has 2 amide bonds. The second-order valence-electron chi connectivity index (χ2n) is 9.09.